The van der Waals surface area contributed by atoms with Gasteiger partial charge in [0.15, 0.2) is 5.65 Å². The highest BCUT2D eigenvalue weighted by molar-refractivity contribution is 5.96. The summed E-state index contributed by atoms with van der Waals surface area (Å²) in [5.41, 5.74) is 3.12. The summed E-state index contributed by atoms with van der Waals surface area (Å²) in [6.07, 6.45) is 1.47. The van der Waals surface area contributed by atoms with Gasteiger partial charge in [0.05, 0.1) is 6.20 Å². The maximum absolute atomic E-state index is 13.1. The summed E-state index contributed by atoms with van der Waals surface area (Å²) in [5.74, 6) is -1.24. The molecule has 0 fully saturated rings. The van der Waals surface area contributed by atoms with Crippen LogP contribution in [0.3, 0.4) is 0 Å². The predicted octanol–water partition coefficient (Wildman–Crippen LogP) is 2.67. The second kappa shape index (κ2) is 9.07. The Labute approximate surface area is 189 Å². The van der Waals surface area contributed by atoms with Gasteiger partial charge in [0.2, 0.25) is 6.10 Å². The van der Waals surface area contributed by atoms with Crippen LogP contribution in [0.25, 0.3) is 11.0 Å². The number of carbonyl (C=O) groups is 2. The summed E-state index contributed by atoms with van der Waals surface area (Å²) in [7, 11) is 1.67. The molecule has 0 aliphatic heterocycles. The van der Waals surface area contributed by atoms with Gasteiger partial charge < -0.3 is 10.1 Å². The largest absolute Gasteiger partial charge is 0.446 e. The highest BCUT2D eigenvalue weighted by Crippen LogP contribution is 2.22. The second-order valence-corrected chi connectivity index (χ2v) is 7.83. The third kappa shape index (κ3) is 4.82. The fourth-order valence-corrected chi connectivity index (χ4v) is 3.64. The third-order valence-electron chi connectivity index (χ3n) is 5.10. The number of rotatable bonds is 6. The van der Waals surface area contributed by atoms with Gasteiger partial charge in [-0.3, -0.25) is 23.6 Å². The van der Waals surface area contributed by atoms with Gasteiger partial charge >= 0.3 is 5.97 Å². The molecule has 0 saturated heterocycles. The van der Waals surface area contributed by atoms with Gasteiger partial charge in [0.1, 0.15) is 18.3 Å². The maximum atomic E-state index is 13.1. The van der Waals surface area contributed by atoms with E-state index in [2.05, 4.69) is 15.4 Å². The lowest BCUT2D eigenvalue weighted by molar-refractivity contribution is -0.155. The first-order chi connectivity index (χ1) is 15.8. The van der Waals surface area contributed by atoms with E-state index in [1.165, 1.54) is 17.2 Å². The van der Waals surface area contributed by atoms with E-state index in [0.717, 1.165) is 15.7 Å². The Hall–Kier alpha value is -4.27. The molecule has 168 valence electrons. The van der Waals surface area contributed by atoms with Gasteiger partial charge in [-0.2, -0.15) is 5.10 Å². The number of carbonyl (C=O) groups excluding carboxylic acids is 2. The van der Waals surface area contributed by atoms with Gasteiger partial charge in [-0.05, 0) is 37.1 Å². The molecule has 1 N–H and O–H groups in total. The van der Waals surface area contributed by atoms with Crippen LogP contribution in [0.1, 0.15) is 22.8 Å². The highest BCUT2D eigenvalue weighted by atomic mass is 16.5. The number of fused-ring (bicyclic) bond motifs is 1. The number of amides is 1. The van der Waals surface area contributed by atoms with Crippen molar-refractivity contribution in [3.05, 3.63) is 88.1 Å². The summed E-state index contributed by atoms with van der Waals surface area (Å²) in [6.45, 7) is 3.47. The Bertz CT molecular complexity index is 1370. The van der Waals surface area contributed by atoms with Crippen molar-refractivity contribution in [1.29, 1.82) is 0 Å². The average Bonchev–Trinajstić information content (AvgIpc) is 3.15. The molecule has 2 heterocycles. The fourth-order valence-electron chi connectivity index (χ4n) is 3.64. The smallest absolute Gasteiger partial charge is 0.327 e. The standard InChI is InChI=1S/C24H23N5O4/c1-15-9-16(2)11-18(10-15)27-23(31)21(17-7-5-4-6-8-17)33-20(30)13-29-14-25-22-19(24(29)32)12-26-28(22)3/h4-12,14,21H,13H2,1-3H3,(H,27,31). The van der Waals surface area contributed by atoms with Crippen LogP contribution in [0.2, 0.25) is 0 Å². The Morgan fingerprint density at radius 1 is 1.09 bits per heavy atom. The second-order valence-electron chi connectivity index (χ2n) is 7.83. The van der Waals surface area contributed by atoms with Crippen LogP contribution < -0.4 is 10.9 Å². The van der Waals surface area contributed by atoms with Gasteiger partial charge in [-0.15, -0.1) is 0 Å². The summed E-state index contributed by atoms with van der Waals surface area (Å²) in [4.78, 5) is 42.7. The normalized spacial score (nSPS) is 11.8. The summed E-state index contributed by atoms with van der Waals surface area (Å²) in [5, 5.41) is 7.13. The number of nitrogens with one attached hydrogen (secondary N) is 1. The Morgan fingerprint density at radius 2 is 1.79 bits per heavy atom. The lowest BCUT2D eigenvalue weighted by atomic mass is 10.1. The lowest BCUT2D eigenvalue weighted by Crippen LogP contribution is -2.30. The Kier molecular flexibility index (Phi) is 6.03. The van der Waals surface area contributed by atoms with Gasteiger partial charge in [0.25, 0.3) is 11.5 Å². The van der Waals surface area contributed by atoms with Crippen LogP contribution in [-0.4, -0.2) is 31.2 Å². The first-order valence-corrected chi connectivity index (χ1v) is 10.3. The van der Waals surface area contributed by atoms with Crippen molar-refractivity contribution in [3.63, 3.8) is 0 Å². The summed E-state index contributed by atoms with van der Waals surface area (Å²) < 4.78 is 8.16. The number of hydrogen-bond acceptors (Lipinski definition) is 6. The summed E-state index contributed by atoms with van der Waals surface area (Å²) in [6, 6.07) is 14.4. The Balaban J connectivity index is 1.56. The van der Waals surface area contributed by atoms with Crippen molar-refractivity contribution in [2.75, 3.05) is 5.32 Å². The minimum Gasteiger partial charge on any atom is -0.446 e. The van der Waals surface area contributed by atoms with E-state index in [1.807, 2.05) is 32.0 Å². The molecule has 1 unspecified atom stereocenters. The van der Waals surface area contributed by atoms with E-state index in [9.17, 15) is 14.4 Å². The SMILES string of the molecule is Cc1cc(C)cc(NC(=O)C(OC(=O)Cn2cnc3c(cnn3C)c2=O)c2ccccc2)c1. The monoisotopic (exact) mass is 445 g/mol. The predicted molar refractivity (Wildman–Crippen MR) is 123 cm³/mol. The molecule has 1 amide bonds. The number of esters is 1. The molecule has 9 heteroatoms. The maximum Gasteiger partial charge on any atom is 0.327 e. The zero-order valence-corrected chi connectivity index (χ0v) is 18.5. The van der Waals surface area contributed by atoms with E-state index in [-0.39, 0.29) is 0 Å². The number of ether oxygens (including phenoxy) is 1. The molecule has 0 aliphatic rings. The fraction of sp³-hybridized carbons (Fsp3) is 0.208. The highest BCUT2D eigenvalue weighted by Gasteiger charge is 2.26. The molecule has 2 aromatic heterocycles. The number of benzene rings is 2. The quantitative estimate of drug-likeness (QED) is 0.457. The zero-order chi connectivity index (χ0) is 23.5. The first-order valence-electron chi connectivity index (χ1n) is 10.3. The van der Waals surface area contributed by atoms with Crippen LogP contribution in [0.4, 0.5) is 5.69 Å². The molecule has 9 nitrogen and oxygen atoms in total. The topological polar surface area (TPSA) is 108 Å². The zero-order valence-electron chi connectivity index (χ0n) is 18.5. The van der Waals surface area contributed by atoms with Gasteiger partial charge in [-0.1, -0.05) is 36.4 Å². The minimum atomic E-state index is -1.19. The third-order valence-corrected chi connectivity index (χ3v) is 5.10. The van der Waals surface area contributed by atoms with Crippen molar-refractivity contribution in [1.82, 2.24) is 19.3 Å². The molecule has 0 spiro atoms. The Morgan fingerprint density at radius 3 is 2.48 bits per heavy atom. The number of aryl methyl sites for hydroxylation is 3. The van der Waals surface area contributed by atoms with Crippen LogP contribution in [0.5, 0.6) is 0 Å². The van der Waals surface area contributed by atoms with E-state index < -0.39 is 30.1 Å². The van der Waals surface area contributed by atoms with Crippen LogP contribution in [-0.2, 0) is 27.9 Å². The number of aromatic nitrogens is 4. The molecule has 2 aromatic carbocycles. The molecule has 0 saturated carbocycles. The molecule has 33 heavy (non-hydrogen) atoms. The first kappa shape index (κ1) is 21.9. The van der Waals surface area contributed by atoms with Crippen molar-refractivity contribution in [3.8, 4) is 0 Å². The summed E-state index contributed by atoms with van der Waals surface area (Å²) >= 11 is 0. The van der Waals surface area contributed by atoms with Crippen molar-refractivity contribution in [2.45, 2.75) is 26.5 Å². The number of nitrogens with zero attached hydrogens (tertiary/aromatic N) is 4. The lowest BCUT2D eigenvalue weighted by Gasteiger charge is -2.19. The van der Waals surface area contributed by atoms with Crippen molar-refractivity contribution < 1.29 is 14.3 Å². The van der Waals surface area contributed by atoms with Crippen LogP contribution >= 0.6 is 0 Å². The van der Waals surface area contributed by atoms with E-state index in [0.29, 0.717) is 22.3 Å². The molecule has 0 bridgehead atoms. The molecule has 0 radical (unpaired) electrons. The van der Waals surface area contributed by atoms with Crippen molar-refractivity contribution in [2.24, 2.45) is 7.05 Å². The van der Waals surface area contributed by atoms with E-state index >= 15 is 0 Å². The molecule has 0 aliphatic carbocycles. The number of hydrogen-bond donors (Lipinski definition) is 1. The molecule has 1 atom stereocenters. The molecule has 4 aromatic rings. The molecule has 4 rings (SSSR count). The van der Waals surface area contributed by atoms with Gasteiger partial charge in [0, 0.05) is 18.3 Å². The van der Waals surface area contributed by atoms with Crippen LogP contribution in [0.15, 0.2) is 65.8 Å². The van der Waals surface area contributed by atoms with Crippen LogP contribution in [0, 0.1) is 13.8 Å². The van der Waals surface area contributed by atoms with E-state index in [4.69, 9.17) is 4.74 Å². The molecular weight excluding hydrogens is 422 g/mol. The van der Waals surface area contributed by atoms with Gasteiger partial charge in [-0.25, -0.2) is 4.98 Å². The molecular formula is C24H23N5O4. The van der Waals surface area contributed by atoms with E-state index in [1.54, 1.807) is 37.4 Å². The average molecular weight is 445 g/mol. The number of anilines is 1. The van der Waals surface area contributed by atoms with Crippen molar-refractivity contribution >= 4 is 28.6 Å². The minimum absolute atomic E-state index is 0.292.